The Hall–Kier alpha value is -1.78. The van der Waals surface area contributed by atoms with Gasteiger partial charge in [-0.05, 0) is 36.8 Å². The first kappa shape index (κ1) is 15.6. The summed E-state index contributed by atoms with van der Waals surface area (Å²) in [5.74, 6) is -0.749. The minimum atomic E-state index is -0.706. The Bertz CT molecular complexity index is 704. The maximum absolute atomic E-state index is 13.5. The molecule has 6 heteroatoms. The van der Waals surface area contributed by atoms with E-state index in [-0.39, 0.29) is 15.6 Å². The molecule has 2 rings (SSSR count). The summed E-state index contributed by atoms with van der Waals surface area (Å²) in [6.07, 6.45) is 0. The van der Waals surface area contributed by atoms with Crippen LogP contribution in [0.2, 0.25) is 10.0 Å². The van der Waals surface area contributed by atoms with Crippen LogP contribution in [-0.2, 0) is 0 Å². The van der Waals surface area contributed by atoms with Gasteiger partial charge < -0.3 is 10.1 Å². The number of carbonyl (C=O) groups is 1. The van der Waals surface area contributed by atoms with E-state index in [0.29, 0.717) is 11.4 Å². The summed E-state index contributed by atoms with van der Waals surface area (Å²) in [5.41, 5.74) is 1.43. The number of benzene rings is 2. The van der Waals surface area contributed by atoms with E-state index in [0.717, 1.165) is 11.6 Å². The second kappa shape index (κ2) is 6.33. The highest BCUT2D eigenvalue weighted by Crippen LogP contribution is 2.28. The van der Waals surface area contributed by atoms with Gasteiger partial charge in [0.2, 0.25) is 0 Å². The van der Waals surface area contributed by atoms with E-state index in [9.17, 15) is 9.18 Å². The predicted molar refractivity (Wildman–Crippen MR) is 82.1 cm³/mol. The van der Waals surface area contributed by atoms with Crippen molar-refractivity contribution < 1.29 is 13.9 Å². The van der Waals surface area contributed by atoms with Gasteiger partial charge in [-0.3, -0.25) is 4.79 Å². The Morgan fingerprint density at radius 3 is 2.57 bits per heavy atom. The zero-order chi connectivity index (χ0) is 15.6. The zero-order valence-electron chi connectivity index (χ0n) is 11.3. The molecule has 21 heavy (non-hydrogen) atoms. The van der Waals surface area contributed by atoms with Gasteiger partial charge in [-0.25, -0.2) is 4.39 Å². The number of methoxy groups -OCH3 is 1. The Morgan fingerprint density at radius 2 is 1.90 bits per heavy atom. The fraction of sp³-hybridized carbons (Fsp3) is 0.133. The van der Waals surface area contributed by atoms with E-state index >= 15 is 0 Å². The van der Waals surface area contributed by atoms with E-state index in [4.69, 9.17) is 27.9 Å². The van der Waals surface area contributed by atoms with Crippen LogP contribution >= 0.6 is 23.2 Å². The second-order valence-corrected chi connectivity index (χ2v) is 5.22. The summed E-state index contributed by atoms with van der Waals surface area (Å²) in [6.45, 7) is 1.88. The number of amides is 1. The Labute approximate surface area is 131 Å². The van der Waals surface area contributed by atoms with Crippen LogP contribution in [0.4, 0.5) is 10.1 Å². The van der Waals surface area contributed by atoms with Crippen molar-refractivity contribution in [2.45, 2.75) is 6.92 Å². The number of halogens is 3. The average molecular weight is 328 g/mol. The van der Waals surface area contributed by atoms with Crippen LogP contribution in [0.15, 0.2) is 30.3 Å². The molecule has 0 bridgehead atoms. The molecule has 0 aromatic heterocycles. The van der Waals surface area contributed by atoms with Gasteiger partial charge in [0.15, 0.2) is 0 Å². The maximum Gasteiger partial charge on any atom is 0.257 e. The molecule has 0 saturated carbocycles. The number of aryl methyl sites for hydroxylation is 1. The summed E-state index contributed by atoms with van der Waals surface area (Å²) < 4.78 is 18.6. The van der Waals surface area contributed by atoms with E-state index in [1.807, 2.05) is 13.0 Å². The largest absolute Gasteiger partial charge is 0.495 e. The van der Waals surface area contributed by atoms with Crippen LogP contribution in [0.25, 0.3) is 0 Å². The monoisotopic (exact) mass is 327 g/mol. The molecule has 110 valence electrons. The van der Waals surface area contributed by atoms with Crippen LogP contribution in [0.3, 0.4) is 0 Å². The molecule has 0 aliphatic heterocycles. The molecule has 0 unspecified atom stereocenters. The van der Waals surface area contributed by atoms with Crippen LogP contribution < -0.4 is 10.1 Å². The third-order valence-corrected chi connectivity index (χ3v) is 3.46. The van der Waals surface area contributed by atoms with E-state index in [1.165, 1.54) is 13.2 Å². The minimum Gasteiger partial charge on any atom is -0.495 e. The fourth-order valence-electron chi connectivity index (χ4n) is 1.81. The normalized spacial score (nSPS) is 10.3. The molecule has 0 atom stereocenters. The lowest BCUT2D eigenvalue weighted by atomic mass is 10.1. The van der Waals surface area contributed by atoms with Gasteiger partial charge in [0.1, 0.15) is 11.6 Å². The molecule has 0 radical (unpaired) electrons. The third-order valence-electron chi connectivity index (χ3n) is 2.86. The maximum atomic E-state index is 13.5. The molecular weight excluding hydrogens is 316 g/mol. The first-order valence-electron chi connectivity index (χ1n) is 6.03. The molecule has 0 heterocycles. The highest BCUT2D eigenvalue weighted by Gasteiger charge is 2.16. The van der Waals surface area contributed by atoms with Crippen LogP contribution in [0, 0.1) is 12.7 Å². The Balaban J connectivity index is 2.34. The van der Waals surface area contributed by atoms with Crippen molar-refractivity contribution in [1.29, 1.82) is 0 Å². The lowest BCUT2D eigenvalue weighted by Crippen LogP contribution is -2.13. The molecule has 1 amide bonds. The number of anilines is 1. The molecule has 2 aromatic rings. The van der Waals surface area contributed by atoms with Gasteiger partial charge in [-0.15, -0.1) is 0 Å². The van der Waals surface area contributed by atoms with Crippen molar-refractivity contribution in [3.63, 3.8) is 0 Å². The highest BCUT2D eigenvalue weighted by atomic mass is 35.5. The number of carbonyl (C=O) groups excluding carboxylic acids is 1. The number of nitrogens with one attached hydrogen (secondary N) is 1. The van der Waals surface area contributed by atoms with Crippen LogP contribution in [-0.4, -0.2) is 13.0 Å². The molecule has 0 aliphatic rings. The minimum absolute atomic E-state index is 0.00197. The van der Waals surface area contributed by atoms with Crippen LogP contribution in [0.5, 0.6) is 5.75 Å². The van der Waals surface area contributed by atoms with Gasteiger partial charge in [-0.2, -0.15) is 0 Å². The molecule has 1 N–H and O–H groups in total. The smallest absolute Gasteiger partial charge is 0.257 e. The number of hydrogen-bond acceptors (Lipinski definition) is 2. The molecule has 0 fully saturated rings. The first-order chi connectivity index (χ1) is 9.92. The predicted octanol–water partition coefficient (Wildman–Crippen LogP) is 4.70. The van der Waals surface area contributed by atoms with E-state index in [2.05, 4.69) is 5.32 Å². The third kappa shape index (κ3) is 3.46. The second-order valence-electron chi connectivity index (χ2n) is 4.40. The fourth-order valence-corrected chi connectivity index (χ4v) is 2.27. The molecule has 0 spiro atoms. The lowest BCUT2D eigenvalue weighted by Gasteiger charge is -2.12. The Kier molecular flexibility index (Phi) is 4.70. The van der Waals surface area contributed by atoms with Crippen molar-refractivity contribution in [2.75, 3.05) is 12.4 Å². The summed E-state index contributed by atoms with van der Waals surface area (Å²) >= 11 is 11.5. The van der Waals surface area contributed by atoms with Gasteiger partial charge in [0.25, 0.3) is 5.91 Å². The molecule has 3 nitrogen and oxygen atoms in total. The van der Waals surface area contributed by atoms with Gasteiger partial charge in [0.05, 0.1) is 28.4 Å². The highest BCUT2D eigenvalue weighted by molar-refractivity contribution is 6.37. The molecule has 2 aromatic carbocycles. The molecule has 0 aliphatic carbocycles. The lowest BCUT2D eigenvalue weighted by molar-refractivity contribution is 0.102. The summed E-state index contributed by atoms with van der Waals surface area (Å²) in [7, 11) is 1.50. The SMILES string of the molecule is COc1ccc(C)cc1NC(=O)c1cc(F)c(Cl)cc1Cl. The van der Waals surface area contributed by atoms with Crippen molar-refractivity contribution in [3.05, 3.63) is 57.3 Å². The number of ether oxygens (including phenoxy) is 1. The summed E-state index contributed by atoms with van der Waals surface area (Å²) in [4.78, 5) is 12.2. The van der Waals surface area contributed by atoms with Crippen molar-refractivity contribution in [2.24, 2.45) is 0 Å². The summed E-state index contributed by atoms with van der Waals surface area (Å²) in [5, 5.41) is 2.59. The number of rotatable bonds is 3. The van der Waals surface area contributed by atoms with Gasteiger partial charge >= 0.3 is 0 Å². The number of hydrogen-bond donors (Lipinski definition) is 1. The molecule has 0 saturated heterocycles. The average Bonchev–Trinajstić information content (AvgIpc) is 2.43. The van der Waals surface area contributed by atoms with Crippen LogP contribution in [0.1, 0.15) is 15.9 Å². The zero-order valence-corrected chi connectivity index (χ0v) is 12.8. The molecular formula is C15H12Cl2FNO2. The topological polar surface area (TPSA) is 38.3 Å². The van der Waals surface area contributed by atoms with E-state index in [1.54, 1.807) is 12.1 Å². The van der Waals surface area contributed by atoms with Gasteiger partial charge in [-0.1, -0.05) is 29.3 Å². The van der Waals surface area contributed by atoms with E-state index < -0.39 is 11.7 Å². The first-order valence-corrected chi connectivity index (χ1v) is 6.78. The van der Waals surface area contributed by atoms with Gasteiger partial charge in [0, 0.05) is 0 Å². The Morgan fingerprint density at radius 1 is 1.19 bits per heavy atom. The summed E-state index contributed by atoms with van der Waals surface area (Å²) in [6, 6.07) is 7.53. The van der Waals surface area contributed by atoms with Crippen molar-refractivity contribution >= 4 is 34.8 Å². The standard InChI is InChI=1S/C15H12Cl2FNO2/c1-8-3-4-14(21-2)13(5-8)19-15(20)9-6-12(18)11(17)7-10(9)16/h3-7H,1-2H3,(H,19,20). The quantitative estimate of drug-likeness (QED) is 0.829. The van der Waals surface area contributed by atoms with Crippen molar-refractivity contribution in [3.8, 4) is 5.75 Å². The van der Waals surface area contributed by atoms with Crippen molar-refractivity contribution in [1.82, 2.24) is 0 Å².